The smallest absolute Gasteiger partial charge is 0.0163 e. The zero-order valence-electron chi connectivity index (χ0n) is 28.5. The number of hydrogen-bond acceptors (Lipinski definition) is 2. The van der Waals surface area contributed by atoms with Crippen LogP contribution in [0.1, 0.15) is 103 Å². The van der Waals surface area contributed by atoms with Crippen LogP contribution < -0.4 is 0 Å². The molecule has 1 aliphatic rings. The van der Waals surface area contributed by atoms with Crippen LogP contribution in [-0.2, 0) is 41.8 Å². The average molecular weight is 771 g/mol. The molecule has 0 amide bonds. The molecule has 1 radical (unpaired) electrons. The molecule has 0 N–H and O–H groups in total. The van der Waals surface area contributed by atoms with E-state index in [0.717, 1.165) is 22.5 Å². The Balaban J connectivity index is 0.000000204. The van der Waals surface area contributed by atoms with E-state index in [4.69, 9.17) is 0 Å². The zero-order chi connectivity index (χ0) is 31.9. The Bertz CT molecular complexity index is 1710. The summed E-state index contributed by atoms with van der Waals surface area (Å²) in [5.41, 5.74) is 12.5. The molecule has 0 spiro atoms. The number of fused-ring (bicyclic) bond motifs is 2. The predicted molar refractivity (Wildman–Crippen MR) is 185 cm³/mol. The molecule has 0 unspecified atom stereocenters. The molecule has 0 aliphatic heterocycles. The van der Waals surface area contributed by atoms with E-state index in [-0.39, 0.29) is 41.8 Å². The number of hydrogen-bond donors (Lipinski definition) is 0. The number of benzene rings is 3. The molecule has 0 atom stereocenters. The van der Waals surface area contributed by atoms with Crippen molar-refractivity contribution < 1.29 is 20.1 Å². The SMILES string of the molecule is CC(C)(C)c1cc[c-]c(-c2cc(C(C)(C)C)ccn2)c1.CC1(C)c2ccccc2C(C)(C)c2c(-c3ccccn3)[c-]ccc21.[Ir]. The van der Waals surface area contributed by atoms with Gasteiger partial charge in [-0.1, -0.05) is 112 Å². The maximum absolute atomic E-state index is 4.60. The van der Waals surface area contributed by atoms with E-state index < -0.39 is 0 Å². The van der Waals surface area contributed by atoms with Gasteiger partial charge in [0.1, 0.15) is 0 Å². The van der Waals surface area contributed by atoms with Crippen LogP contribution in [0.25, 0.3) is 22.5 Å². The Kier molecular flexibility index (Phi) is 9.79. The Morgan fingerprint density at radius 1 is 0.556 bits per heavy atom. The van der Waals surface area contributed by atoms with Gasteiger partial charge in [0, 0.05) is 32.5 Å². The van der Waals surface area contributed by atoms with Crippen LogP contribution in [0.4, 0.5) is 0 Å². The van der Waals surface area contributed by atoms with Crippen molar-refractivity contribution in [3.8, 4) is 22.5 Å². The van der Waals surface area contributed by atoms with Crippen LogP contribution in [0.5, 0.6) is 0 Å². The van der Waals surface area contributed by atoms with Crippen LogP contribution >= 0.6 is 0 Å². The molecule has 1 aliphatic carbocycles. The number of aromatic nitrogens is 2. The van der Waals surface area contributed by atoms with E-state index in [9.17, 15) is 0 Å². The largest absolute Gasteiger partial charge is 0.305 e. The van der Waals surface area contributed by atoms with E-state index >= 15 is 0 Å². The molecule has 0 bridgehead atoms. The predicted octanol–water partition coefficient (Wildman–Crippen LogP) is 10.7. The summed E-state index contributed by atoms with van der Waals surface area (Å²) < 4.78 is 0. The second kappa shape index (κ2) is 12.8. The molecule has 3 heteroatoms. The van der Waals surface area contributed by atoms with Crippen molar-refractivity contribution in [2.24, 2.45) is 0 Å². The second-order valence-electron chi connectivity index (χ2n) is 15.1. The first-order valence-electron chi connectivity index (χ1n) is 15.7. The van der Waals surface area contributed by atoms with Crippen molar-refractivity contribution in [3.05, 3.63) is 143 Å². The van der Waals surface area contributed by atoms with Crippen LogP contribution in [0.2, 0.25) is 0 Å². The number of rotatable bonds is 2. The molecular formula is C42H46IrN2-2. The topological polar surface area (TPSA) is 25.8 Å². The van der Waals surface area contributed by atoms with E-state index in [1.165, 1.54) is 33.4 Å². The fourth-order valence-corrected chi connectivity index (χ4v) is 6.36. The average Bonchev–Trinajstić information content (AvgIpc) is 3.00. The van der Waals surface area contributed by atoms with Crippen LogP contribution in [0, 0.1) is 12.1 Å². The normalized spacial score (nSPS) is 14.6. The van der Waals surface area contributed by atoms with Gasteiger partial charge < -0.3 is 9.97 Å². The third-order valence-corrected chi connectivity index (χ3v) is 9.06. The second-order valence-corrected chi connectivity index (χ2v) is 15.1. The van der Waals surface area contributed by atoms with Crippen molar-refractivity contribution in [1.82, 2.24) is 9.97 Å². The summed E-state index contributed by atoms with van der Waals surface area (Å²) in [4.78, 5) is 9.11. The minimum absolute atomic E-state index is 0. The fourth-order valence-electron chi connectivity index (χ4n) is 6.36. The van der Waals surface area contributed by atoms with Gasteiger partial charge >= 0.3 is 0 Å². The molecular weight excluding hydrogens is 725 g/mol. The fraction of sp³-hybridized carbons (Fsp3) is 0.333. The van der Waals surface area contributed by atoms with Gasteiger partial charge in [-0.2, -0.15) is 0 Å². The Morgan fingerprint density at radius 3 is 1.76 bits per heavy atom. The molecule has 0 fully saturated rings. The third-order valence-electron chi connectivity index (χ3n) is 9.06. The minimum Gasteiger partial charge on any atom is -0.305 e. The molecule has 0 saturated carbocycles. The zero-order valence-corrected chi connectivity index (χ0v) is 30.9. The summed E-state index contributed by atoms with van der Waals surface area (Å²) in [6, 6.07) is 36.6. The summed E-state index contributed by atoms with van der Waals surface area (Å²) >= 11 is 0. The monoisotopic (exact) mass is 771 g/mol. The molecule has 0 saturated heterocycles. The standard InChI is InChI=1S/C23H22N.C19H24N.Ir/c1-22(2)17-11-5-6-12-18(17)23(3,4)21-16(10-9-13-19(21)22)20-14-7-8-15-24-20;1-18(2,3)15-9-7-8-14(12-15)17-13-16(10-11-20-17)19(4,5)6;/h5-9,11-15H,1-4H3;7,9-13H,1-6H3;/q2*-1;. The molecule has 3 aromatic carbocycles. The first-order valence-corrected chi connectivity index (χ1v) is 15.7. The van der Waals surface area contributed by atoms with E-state index in [0.29, 0.717) is 0 Å². The Morgan fingerprint density at radius 2 is 1.13 bits per heavy atom. The van der Waals surface area contributed by atoms with Gasteiger partial charge in [0.25, 0.3) is 0 Å². The van der Waals surface area contributed by atoms with Crippen molar-refractivity contribution in [1.29, 1.82) is 0 Å². The maximum Gasteiger partial charge on any atom is 0.0163 e. The van der Waals surface area contributed by atoms with Gasteiger partial charge in [-0.15, -0.1) is 70.3 Å². The summed E-state index contributed by atoms with van der Waals surface area (Å²) in [6.45, 7) is 22.6. The van der Waals surface area contributed by atoms with E-state index in [2.05, 4.69) is 158 Å². The summed E-state index contributed by atoms with van der Waals surface area (Å²) in [5, 5.41) is 0. The van der Waals surface area contributed by atoms with Crippen molar-refractivity contribution in [3.63, 3.8) is 0 Å². The van der Waals surface area contributed by atoms with Gasteiger partial charge in [0.05, 0.1) is 0 Å². The van der Waals surface area contributed by atoms with E-state index in [1.54, 1.807) is 0 Å². The third kappa shape index (κ3) is 6.91. The van der Waals surface area contributed by atoms with Crippen LogP contribution in [0.3, 0.4) is 0 Å². The quantitative estimate of drug-likeness (QED) is 0.167. The Hall–Kier alpha value is -3.39. The van der Waals surface area contributed by atoms with Crippen molar-refractivity contribution in [2.75, 3.05) is 0 Å². The molecule has 2 aromatic heterocycles. The van der Waals surface area contributed by atoms with Crippen molar-refractivity contribution >= 4 is 0 Å². The maximum atomic E-state index is 4.60. The van der Waals surface area contributed by atoms with Crippen molar-refractivity contribution in [2.45, 2.75) is 90.9 Å². The minimum atomic E-state index is -0.0773. The molecule has 2 nitrogen and oxygen atoms in total. The summed E-state index contributed by atoms with van der Waals surface area (Å²) in [5.74, 6) is 0. The van der Waals surface area contributed by atoms with Gasteiger partial charge in [-0.3, -0.25) is 0 Å². The molecule has 5 aromatic rings. The first-order chi connectivity index (χ1) is 20.6. The Labute approximate surface area is 285 Å². The van der Waals surface area contributed by atoms with Gasteiger partial charge in [-0.05, 0) is 61.9 Å². The van der Waals surface area contributed by atoms with Gasteiger partial charge in [0.15, 0.2) is 0 Å². The first kappa shape index (κ1) is 34.5. The van der Waals surface area contributed by atoms with Crippen LogP contribution in [-0.4, -0.2) is 9.97 Å². The number of nitrogens with zero attached hydrogens (tertiary/aromatic N) is 2. The molecule has 45 heavy (non-hydrogen) atoms. The molecule has 235 valence electrons. The molecule has 6 rings (SSSR count). The summed E-state index contributed by atoms with van der Waals surface area (Å²) in [6.07, 6.45) is 3.75. The van der Waals surface area contributed by atoms with E-state index in [1.807, 2.05) is 30.6 Å². The molecule has 2 heterocycles. The number of pyridine rings is 2. The summed E-state index contributed by atoms with van der Waals surface area (Å²) in [7, 11) is 0. The van der Waals surface area contributed by atoms with Gasteiger partial charge in [0.2, 0.25) is 0 Å². The van der Waals surface area contributed by atoms with Gasteiger partial charge in [-0.25, -0.2) is 0 Å². The van der Waals surface area contributed by atoms with Crippen LogP contribution in [0.15, 0.2) is 97.3 Å².